The molecule has 1 aromatic rings. The molecule has 1 fully saturated rings. The Balaban J connectivity index is 2.23. The second kappa shape index (κ2) is 6.56. The number of nitrogens with zero attached hydrogens (tertiary/aromatic N) is 1. The van der Waals surface area contributed by atoms with E-state index in [1.807, 2.05) is 20.0 Å². The van der Waals surface area contributed by atoms with Gasteiger partial charge in [-0.3, -0.25) is 0 Å². The van der Waals surface area contributed by atoms with Crippen LogP contribution < -0.4 is 5.32 Å². The van der Waals surface area contributed by atoms with Crippen LogP contribution in [0.1, 0.15) is 18.4 Å². The highest BCUT2D eigenvalue weighted by Crippen LogP contribution is 2.26. The molecule has 1 unspecified atom stereocenters. The molecule has 20 heavy (non-hydrogen) atoms. The molecule has 1 atom stereocenters. The Kier molecular flexibility index (Phi) is 5.23. The van der Waals surface area contributed by atoms with E-state index in [0.29, 0.717) is 23.9 Å². The Morgan fingerprint density at radius 3 is 2.85 bits per heavy atom. The first-order chi connectivity index (χ1) is 9.45. The number of piperidine rings is 1. The molecule has 0 saturated carbocycles. The lowest BCUT2D eigenvalue weighted by Gasteiger charge is -2.31. The molecule has 1 aliphatic rings. The Hall–Kier alpha value is -0.430. The molecule has 112 valence electrons. The lowest BCUT2D eigenvalue weighted by Crippen LogP contribution is -2.42. The van der Waals surface area contributed by atoms with Gasteiger partial charge in [-0.25, -0.2) is 8.42 Å². The Morgan fingerprint density at radius 2 is 2.20 bits per heavy atom. The van der Waals surface area contributed by atoms with Crippen molar-refractivity contribution in [3.05, 3.63) is 28.2 Å². The molecular formula is C14H21BrN2O2S. The van der Waals surface area contributed by atoms with Crippen molar-refractivity contribution in [2.45, 2.75) is 24.7 Å². The van der Waals surface area contributed by atoms with Crippen molar-refractivity contribution in [3.8, 4) is 0 Å². The summed E-state index contributed by atoms with van der Waals surface area (Å²) < 4.78 is 27.8. The maximum absolute atomic E-state index is 12.7. The van der Waals surface area contributed by atoms with Gasteiger partial charge < -0.3 is 5.32 Å². The number of benzene rings is 1. The molecule has 1 saturated heterocycles. The van der Waals surface area contributed by atoms with Gasteiger partial charge in [0.1, 0.15) is 0 Å². The molecule has 0 aliphatic carbocycles. The maximum atomic E-state index is 12.7. The van der Waals surface area contributed by atoms with Gasteiger partial charge in [-0.05, 0) is 57.0 Å². The zero-order chi connectivity index (χ0) is 14.8. The third-order valence-electron chi connectivity index (χ3n) is 3.76. The Morgan fingerprint density at radius 1 is 1.45 bits per heavy atom. The molecule has 1 N–H and O–H groups in total. The van der Waals surface area contributed by atoms with E-state index in [1.54, 1.807) is 16.4 Å². The fourth-order valence-corrected chi connectivity index (χ4v) is 4.70. The quantitative estimate of drug-likeness (QED) is 0.896. The van der Waals surface area contributed by atoms with Gasteiger partial charge in [0.2, 0.25) is 10.0 Å². The van der Waals surface area contributed by atoms with Crippen molar-refractivity contribution in [2.24, 2.45) is 5.92 Å². The van der Waals surface area contributed by atoms with E-state index in [0.717, 1.165) is 29.4 Å². The summed E-state index contributed by atoms with van der Waals surface area (Å²) >= 11 is 3.41. The average Bonchev–Trinajstić information content (AvgIpc) is 2.42. The first-order valence-electron chi connectivity index (χ1n) is 6.86. The van der Waals surface area contributed by atoms with Crippen LogP contribution >= 0.6 is 15.9 Å². The van der Waals surface area contributed by atoms with Gasteiger partial charge in [0, 0.05) is 17.6 Å². The van der Waals surface area contributed by atoms with E-state index in [2.05, 4.69) is 21.2 Å². The summed E-state index contributed by atoms with van der Waals surface area (Å²) in [5.74, 6) is 0.400. The summed E-state index contributed by atoms with van der Waals surface area (Å²) in [5.41, 5.74) is 1.04. The second-order valence-electron chi connectivity index (χ2n) is 5.34. The van der Waals surface area contributed by atoms with Crippen molar-refractivity contribution in [1.29, 1.82) is 0 Å². The molecule has 0 spiro atoms. The van der Waals surface area contributed by atoms with Crippen molar-refractivity contribution in [1.82, 2.24) is 9.62 Å². The number of halogens is 1. The van der Waals surface area contributed by atoms with Gasteiger partial charge in [0.05, 0.1) is 4.90 Å². The summed E-state index contributed by atoms with van der Waals surface area (Å²) in [6, 6.07) is 5.23. The first kappa shape index (κ1) is 15.9. The average molecular weight is 361 g/mol. The van der Waals surface area contributed by atoms with E-state index in [-0.39, 0.29) is 0 Å². The van der Waals surface area contributed by atoms with E-state index in [1.165, 1.54) is 0 Å². The third-order valence-corrected chi connectivity index (χ3v) is 6.47. The summed E-state index contributed by atoms with van der Waals surface area (Å²) in [4.78, 5) is 0.375. The fourth-order valence-electron chi connectivity index (χ4n) is 2.58. The predicted molar refractivity (Wildman–Crippen MR) is 84.3 cm³/mol. The summed E-state index contributed by atoms with van der Waals surface area (Å²) in [7, 11) is -1.47. The number of nitrogens with one attached hydrogen (secondary N) is 1. The summed E-state index contributed by atoms with van der Waals surface area (Å²) in [6.07, 6.45) is 2.02. The molecule has 4 nitrogen and oxygen atoms in total. The third kappa shape index (κ3) is 3.42. The van der Waals surface area contributed by atoms with Crippen LogP contribution in [-0.4, -0.2) is 39.4 Å². The van der Waals surface area contributed by atoms with Crippen LogP contribution in [0.25, 0.3) is 0 Å². The van der Waals surface area contributed by atoms with E-state index in [9.17, 15) is 8.42 Å². The van der Waals surface area contributed by atoms with Crippen LogP contribution in [0.2, 0.25) is 0 Å². The molecular weight excluding hydrogens is 340 g/mol. The van der Waals surface area contributed by atoms with Crippen molar-refractivity contribution < 1.29 is 8.42 Å². The lowest BCUT2D eigenvalue weighted by atomic mass is 10.00. The van der Waals surface area contributed by atoms with Crippen LogP contribution in [0.15, 0.2) is 27.6 Å². The molecule has 1 aliphatic heterocycles. The highest BCUT2D eigenvalue weighted by Gasteiger charge is 2.30. The van der Waals surface area contributed by atoms with Crippen molar-refractivity contribution in [2.75, 3.05) is 26.7 Å². The van der Waals surface area contributed by atoms with E-state index >= 15 is 0 Å². The predicted octanol–water partition coefficient (Wildman–Crippen LogP) is 2.38. The van der Waals surface area contributed by atoms with Gasteiger partial charge in [0.15, 0.2) is 0 Å². The van der Waals surface area contributed by atoms with Crippen molar-refractivity contribution >= 4 is 26.0 Å². The lowest BCUT2D eigenvalue weighted by molar-refractivity contribution is 0.263. The normalized spacial score (nSPS) is 21.1. The Bertz CT molecular complexity index is 573. The first-order valence-corrected chi connectivity index (χ1v) is 9.09. The minimum absolute atomic E-state index is 0.375. The highest BCUT2D eigenvalue weighted by molar-refractivity contribution is 9.10. The van der Waals surface area contributed by atoms with Gasteiger partial charge >= 0.3 is 0 Å². The van der Waals surface area contributed by atoms with Gasteiger partial charge in [-0.15, -0.1) is 0 Å². The monoisotopic (exact) mass is 360 g/mol. The SMILES string of the molecule is CNCC1CCCN(S(=O)(=O)c2ccc(C)c(Br)c2)C1. The van der Waals surface area contributed by atoms with Crippen LogP contribution in [-0.2, 0) is 10.0 Å². The van der Waals surface area contributed by atoms with Crippen LogP contribution in [0.4, 0.5) is 0 Å². The minimum atomic E-state index is -3.38. The fraction of sp³-hybridized carbons (Fsp3) is 0.571. The molecule has 0 aromatic heterocycles. The zero-order valence-corrected chi connectivity index (χ0v) is 14.3. The smallest absolute Gasteiger partial charge is 0.243 e. The van der Waals surface area contributed by atoms with Gasteiger partial charge in [-0.2, -0.15) is 4.31 Å². The molecule has 0 bridgehead atoms. The highest BCUT2D eigenvalue weighted by atomic mass is 79.9. The molecule has 1 aromatic carbocycles. The number of aryl methyl sites for hydroxylation is 1. The van der Waals surface area contributed by atoms with Crippen molar-refractivity contribution in [3.63, 3.8) is 0 Å². The minimum Gasteiger partial charge on any atom is -0.319 e. The number of hydrogen-bond donors (Lipinski definition) is 1. The zero-order valence-electron chi connectivity index (χ0n) is 11.9. The second-order valence-corrected chi connectivity index (χ2v) is 8.13. The number of rotatable bonds is 4. The number of hydrogen-bond acceptors (Lipinski definition) is 3. The topological polar surface area (TPSA) is 49.4 Å². The standard InChI is InChI=1S/C14H21BrN2O2S/c1-11-5-6-13(8-14(11)15)20(18,19)17-7-3-4-12(10-17)9-16-2/h5-6,8,12,16H,3-4,7,9-10H2,1-2H3. The number of sulfonamides is 1. The molecule has 0 radical (unpaired) electrons. The summed E-state index contributed by atoms with van der Waals surface area (Å²) in [6.45, 7) is 4.04. The molecule has 6 heteroatoms. The van der Waals surface area contributed by atoms with E-state index in [4.69, 9.17) is 0 Å². The molecule has 1 heterocycles. The molecule has 2 rings (SSSR count). The largest absolute Gasteiger partial charge is 0.319 e. The molecule has 0 amide bonds. The van der Waals surface area contributed by atoms with Crippen LogP contribution in [0.3, 0.4) is 0 Å². The summed E-state index contributed by atoms with van der Waals surface area (Å²) in [5, 5.41) is 3.14. The Labute approximate surface area is 129 Å². The van der Waals surface area contributed by atoms with Gasteiger partial charge in [-0.1, -0.05) is 22.0 Å². The van der Waals surface area contributed by atoms with Crippen LogP contribution in [0.5, 0.6) is 0 Å². The van der Waals surface area contributed by atoms with E-state index < -0.39 is 10.0 Å². The van der Waals surface area contributed by atoms with Gasteiger partial charge in [0.25, 0.3) is 0 Å². The van der Waals surface area contributed by atoms with Crippen LogP contribution in [0, 0.1) is 12.8 Å². The maximum Gasteiger partial charge on any atom is 0.243 e.